The first-order valence-corrected chi connectivity index (χ1v) is 9.31. The van der Waals surface area contributed by atoms with Gasteiger partial charge < -0.3 is 14.2 Å². The Morgan fingerprint density at radius 1 is 1.15 bits per heavy atom. The zero-order chi connectivity index (χ0) is 19.4. The van der Waals surface area contributed by atoms with Crippen LogP contribution in [0.5, 0.6) is 5.75 Å². The molecule has 0 saturated carbocycles. The number of ether oxygens (including phenoxy) is 1. The predicted molar refractivity (Wildman–Crippen MR) is 102 cm³/mol. The number of aromatic nitrogens is 2. The van der Waals surface area contributed by atoms with Gasteiger partial charge in [0.25, 0.3) is 0 Å². The summed E-state index contributed by atoms with van der Waals surface area (Å²) < 4.78 is 10.6. The molecular formula is C20H28N4O3. The van der Waals surface area contributed by atoms with E-state index in [0.717, 1.165) is 37.5 Å². The number of hydrogen-bond acceptors (Lipinski definition) is 6. The van der Waals surface area contributed by atoms with Crippen molar-refractivity contribution in [2.75, 3.05) is 33.3 Å². The molecule has 0 spiro atoms. The highest BCUT2D eigenvalue weighted by atomic mass is 16.5. The molecule has 1 aliphatic rings. The van der Waals surface area contributed by atoms with Crippen LogP contribution in [0.25, 0.3) is 11.4 Å². The van der Waals surface area contributed by atoms with Crippen LogP contribution < -0.4 is 4.74 Å². The van der Waals surface area contributed by atoms with Crippen molar-refractivity contribution in [1.29, 1.82) is 0 Å². The lowest BCUT2D eigenvalue weighted by atomic mass is 9.91. The van der Waals surface area contributed by atoms with Crippen LogP contribution in [0.4, 0.5) is 0 Å². The van der Waals surface area contributed by atoms with Gasteiger partial charge in [0, 0.05) is 38.2 Å². The molecule has 27 heavy (non-hydrogen) atoms. The second-order valence-electron chi connectivity index (χ2n) is 8.13. The molecule has 0 bridgehead atoms. The Morgan fingerprint density at radius 3 is 2.41 bits per heavy atom. The molecule has 1 amide bonds. The maximum absolute atomic E-state index is 12.3. The highest BCUT2D eigenvalue weighted by Gasteiger charge is 2.25. The molecule has 7 heteroatoms. The average Bonchev–Trinajstić information content (AvgIpc) is 3.09. The highest BCUT2D eigenvalue weighted by Crippen LogP contribution is 2.22. The minimum absolute atomic E-state index is 0.0236. The molecular weight excluding hydrogens is 344 g/mol. The quantitative estimate of drug-likeness (QED) is 0.804. The molecule has 0 aliphatic carbocycles. The lowest BCUT2D eigenvalue weighted by molar-refractivity contribution is -0.134. The van der Waals surface area contributed by atoms with Gasteiger partial charge in [-0.2, -0.15) is 4.98 Å². The van der Waals surface area contributed by atoms with E-state index in [4.69, 9.17) is 9.26 Å². The molecule has 0 radical (unpaired) electrons. The minimum Gasteiger partial charge on any atom is -0.497 e. The smallest absolute Gasteiger partial charge is 0.241 e. The van der Waals surface area contributed by atoms with Gasteiger partial charge in [-0.25, -0.2) is 0 Å². The summed E-state index contributed by atoms with van der Waals surface area (Å²) in [4.78, 5) is 21.0. The molecule has 2 aromatic rings. The molecule has 1 aliphatic heterocycles. The fourth-order valence-corrected chi connectivity index (χ4v) is 3.09. The van der Waals surface area contributed by atoms with Crippen LogP contribution >= 0.6 is 0 Å². The summed E-state index contributed by atoms with van der Waals surface area (Å²) in [6, 6.07) is 7.57. The van der Waals surface area contributed by atoms with Crippen molar-refractivity contribution in [1.82, 2.24) is 19.9 Å². The van der Waals surface area contributed by atoms with Crippen LogP contribution in [0.15, 0.2) is 28.8 Å². The summed E-state index contributed by atoms with van der Waals surface area (Å²) in [6.07, 6.45) is 0.585. The lowest BCUT2D eigenvalue weighted by Crippen LogP contribution is -2.48. The number of piperazine rings is 1. The third-order valence-electron chi connectivity index (χ3n) is 4.58. The Kier molecular flexibility index (Phi) is 5.79. The van der Waals surface area contributed by atoms with Gasteiger partial charge in [0.05, 0.1) is 13.7 Å². The van der Waals surface area contributed by atoms with E-state index in [1.54, 1.807) is 7.11 Å². The number of carbonyl (C=O) groups excluding carboxylic acids is 1. The van der Waals surface area contributed by atoms with Crippen molar-refractivity contribution in [2.24, 2.45) is 5.41 Å². The molecule has 1 saturated heterocycles. The van der Waals surface area contributed by atoms with Gasteiger partial charge in [0.1, 0.15) is 5.75 Å². The van der Waals surface area contributed by atoms with Crippen molar-refractivity contribution in [2.45, 2.75) is 33.7 Å². The minimum atomic E-state index is 0.0236. The van der Waals surface area contributed by atoms with Gasteiger partial charge in [-0.05, 0) is 29.7 Å². The monoisotopic (exact) mass is 372 g/mol. The zero-order valence-corrected chi connectivity index (χ0v) is 16.6. The van der Waals surface area contributed by atoms with E-state index in [1.807, 2.05) is 29.2 Å². The standard InChI is InChI=1S/C20H28N4O3/c1-20(2,3)13-18(25)24-11-9-23(10-12-24)14-17-21-19(22-27-17)15-5-7-16(26-4)8-6-15/h5-8H,9-14H2,1-4H3. The van der Waals surface area contributed by atoms with Crippen LogP contribution in [0.2, 0.25) is 0 Å². The van der Waals surface area contributed by atoms with Crippen LogP contribution in [-0.2, 0) is 11.3 Å². The van der Waals surface area contributed by atoms with E-state index in [0.29, 0.717) is 24.7 Å². The first kappa shape index (κ1) is 19.4. The van der Waals surface area contributed by atoms with Gasteiger partial charge >= 0.3 is 0 Å². The van der Waals surface area contributed by atoms with E-state index in [-0.39, 0.29) is 11.3 Å². The van der Waals surface area contributed by atoms with E-state index >= 15 is 0 Å². The number of amides is 1. The number of benzene rings is 1. The Hall–Kier alpha value is -2.41. The van der Waals surface area contributed by atoms with Crippen LogP contribution in [0, 0.1) is 5.41 Å². The first-order chi connectivity index (χ1) is 12.8. The van der Waals surface area contributed by atoms with Gasteiger partial charge in [0.2, 0.25) is 17.6 Å². The summed E-state index contributed by atoms with van der Waals surface area (Å²) in [5.41, 5.74) is 0.916. The molecule has 3 rings (SSSR count). The van der Waals surface area contributed by atoms with Crippen molar-refractivity contribution < 1.29 is 14.1 Å². The fraction of sp³-hybridized carbons (Fsp3) is 0.550. The largest absolute Gasteiger partial charge is 0.497 e. The summed E-state index contributed by atoms with van der Waals surface area (Å²) in [5, 5.41) is 4.07. The number of hydrogen-bond donors (Lipinski definition) is 0. The second-order valence-corrected chi connectivity index (χ2v) is 8.13. The van der Waals surface area contributed by atoms with Crippen LogP contribution in [-0.4, -0.2) is 59.1 Å². The zero-order valence-electron chi connectivity index (χ0n) is 16.6. The van der Waals surface area contributed by atoms with Crippen LogP contribution in [0.3, 0.4) is 0 Å². The van der Waals surface area contributed by atoms with E-state index in [2.05, 4.69) is 35.8 Å². The predicted octanol–water partition coefficient (Wildman–Crippen LogP) is 2.83. The number of carbonyl (C=O) groups is 1. The van der Waals surface area contributed by atoms with Crippen molar-refractivity contribution in [3.8, 4) is 17.1 Å². The average molecular weight is 372 g/mol. The van der Waals surface area contributed by atoms with E-state index < -0.39 is 0 Å². The Morgan fingerprint density at radius 2 is 1.81 bits per heavy atom. The molecule has 0 N–H and O–H groups in total. The summed E-state index contributed by atoms with van der Waals surface area (Å²) in [5.74, 6) is 2.20. The maximum atomic E-state index is 12.3. The van der Waals surface area contributed by atoms with E-state index in [1.165, 1.54) is 0 Å². The maximum Gasteiger partial charge on any atom is 0.241 e. The lowest BCUT2D eigenvalue weighted by Gasteiger charge is -2.35. The number of nitrogens with zero attached hydrogens (tertiary/aromatic N) is 4. The van der Waals surface area contributed by atoms with Crippen LogP contribution in [0.1, 0.15) is 33.1 Å². The molecule has 0 unspecified atom stereocenters. The van der Waals surface area contributed by atoms with Gasteiger partial charge in [-0.15, -0.1) is 0 Å². The Bertz CT molecular complexity index is 756. The van der Waals surface area contributed by atoms with Gasteiger partial charge in [-0.3, -0.25) is 9.69 Å². The summed E-state index contributed by atoms with van der Waals surface area (Å²) in [6.45, 7) is 10.0. The molecule has 2 heterocycles. The van der Waals surface area contributed by atoms with Crippen molar-refractivity contribution >= 4 is 5.91 Å². The number of rotatable bonds is 5. The molecule has 1 fully saturated rings. The normalized spacial score (nSPS) is 15.8. The topological polar surface area (TPSA) is 71.7 Å². The molecule has 7 nitrogen and oxygen atoms in total. The molecule has 146 valence electrons. The third kappa shape index (κ3) is 5.29. The second kappa shape index (κ2) is 8.08. The first-order valence-electron chi connectivity index (χ1n) is 9.31. The summed E-state index contributed by atoms with van der Waals surface area (Å²) in [7, 11) is 1.64. The SMILES string of the molecule is COc1ccc(-c2noc(CN3CCN(C(=O)CC(C)(C)C)CC3)n2)cc1. The fourth-order valence-electron chi connectivity index (χ4n) is 3.09. The highest BCUT2D eigenvalue weighted by molar-refractivity contribution is 5.76. The van der Waals surface area contributed by atoms with E-state index in [9.17, 15) is 4.79 Å². The number of methoxy groups -OCH3 is 1. The molecule has 0 atom stereocenters. The van der Waals surface area contributed by atoms with Gasteiger partial charge in [-0.1, -0.05) is 25.9 Å². The Balaban J connectivity index is 1.52. The van der Waals surface area contributed by atoms with Gasteiger partial charge in [0.15, 0.2) is 0 Å². The third-order valence-corrected chi connectivity index (χ3v) is 4.58. The summed E-state index contributed by atoms with van der Waals surface area (Å²) >= 11 is 0. The molecule has 1 aromatic carbocycles. The van der Waals surface area contributed by atoms with Crippen molar-refractivity contribution in [3.63, 3.8) is 0 Å². The molecule has 1 aromatic heterocycles. The Labute approximate surface area is 160 Å². The van der Waals surface area contributed by atoms with Crippen molar-refractivity contribution in [3.05, 3.63) is 30.2 Å².